The van der Waals surface area contributed by atoms with E-state index in [9.17, 15) is 4.79 Å². The van der Waals surface area contributed by atoms with E-state index in [1.165, 1.54) is 7.11 Å². The maximum atomic E-state index is 13.3. The summed E-state index contributed by atoms with van der Waals surface area (Å²) in [5.74, 6) is 6.33. The number of nitrogens with zero attached hydrogens (tertiary/aromatic N) is 2. The summed E-state index contributed by atoms with van der Waals surface area (Å²) in [7, 11) is 1.52. The van der Waals surface area contributed by atoms with Crippen molar-refractivity contribution < 1.29 is 9.15 Å². The third kappa shape index (κ3) is 4.67. The van der Waals surface area contributed by atoms with E-state index in [-0.39, 0.29) is 17.3 Å². The van der Waals surface area contributed by atoms with Gasteiger partial charge in [0.25, 0.3) is 0 Å². The predicted molar refractivity (Wildman–Crippen MR) is 138 cm³/mol. The number of nitrogens with one attached hydrogen (secondary N) is 2. The molecule has 0 amide bonds. The number of amidine groups is 1. The van der Waals surface area contributed by atoms with Crippen molar-refractivity contribution in [2.75, 3.05) is 12.4 Å². The average molecular weight is 473 g/mol. The number of fused-ring (bicyclic) bond motifs is 1. The number of hydrazine groups is 1. The Hall–Kier alpha value is -4.37. The second-order valence-electron chi connectivity index (χ2n) is 8.22. The maximum Gasteiger partial charge on any atom is 0.213 e. The van der Waals surface area contributed by atoms with Gasteiger partial charge in [-0.25, -0.2) is 16.4 Å². The van der Waals surface area contributed by atoms with E-state index in [4.69, 9.17) is 20.7 Å². The van der Waals surface area contributed by atoms with Gasteiger partial charge in [0.15, 0.2) is 11.3 Å². The van der Waals surface area contributed by atoms with Gasteiger partial charge in [-0.2, -0.15) is 0 Å². The number of hydrogen-bond acceptors (Lipinski definition) is 8. The molecular weight excluding hydrogens is 444 g/mol. The molecule has 4 aromatic rings. The molecule has 0 spiro atoms. The number of hydrazone groups is 1. The van der Waals surface area contributed by atoms with Crippen LogP contribution in [0.2, 0.25) is 0 Å². The summed E-state index contributed by atoms with van der Waals surface area (Å²) in [5.41, 5.74) is 12.9. The first-order valence-electron chi connectivity index (χ1n) is 11.1. The van der Waals surface area contributed by atoms with Crippen molar-refractivity contribution in [2.24, 2.45) is 16.7 Å². The number of rotatable bonds is 7. The molecule has 0 radical (unpaired) electrons. The molecule has 0 aliphatic rings. The number of ether oxygens (including phenoxy) is 1. The van der Waals surface area contributed by atoms with E-state index >= 15 is 0 Å². The molecule has 1 atom stereocenters. The van der Waals surface area contributed by atoms with Crippen LogP contribution < -0.4 is 32.6 Å². The SMILES string of the molecule is COc1ccc(NC(C)c2cc(C)cc3c(=O)c(C)c(-c4ccccc4)oc23)c(/C(N)=N/NN)n1. The fourth-order valence-electron chi connectivity index (χ4n) is 4.05. The van der Waals surface area contributed by atoms with Crippen molar-refractivity contribution in [1.29, 1.82) is 0 Å². The quantitative estimate of drug-likeness (QED) is 0.138. The van der Waals surface area contributed by atoms with E-state index in [0.29, 0.717) is 39.6 Å². The molecule has 4 rings (SSSR count). The van der Waals surface area contributed by atoms with Gasteiger partial charge in [-0.15, -0.1) is 5.10 Å². The van der Waals surface area contributed by atoms with E-state index in [0.717, 1.165) is 16.7 Å². The van der Waals surface area contributed by atoms with Crippen LogP contribution in [-0.2, 0) is 0 Å². The predicted octanol–water partition coefficient (Wildman–Crippen LogP) is 3.74. The number of aromatic nitrogens is 1. The van der Waals surface area contributed by atoms with Crippen molar-refractivity contribution in [3.05, 3.63) is 87.2 Å². The number of benzene rings is 2. The average Bonchev–Trinajstić information content (AvgIpc) is 2.86. The zero-order valence-electron chi connectivity index (χ0n) is 20.0. The Morgan fingerprint density at radius 3 is 2.57 bits per heavy atom. The van der Waals surface area contributed by atoms with E-state index in [2.05, 4.69) is 20.9 Å². The van der Waals surface area contributed by atoms with Crippen LogP contribution in [0.4, 0.5) is 5.69 Å². The van der Waals surface area contributed by atoms with Crippen LogP contribution in [0.1, 0.15) is 35.3 Å². The zero-order chi connectivity index (χ0) is 25.1. The Balaban J connectivity index is 1.86. The zero-order valence-corrected chi connectivity index (χ0v) is 20.0. The number of methoxy groups -OCH3 is 1. The molecular formula is C26H28N6O3. The lowest BCUT2D eigenvalue weighted by atomic mass is 9.98. The Morgan fingerprint density at radius 1 is 1.14 bits per heavy atom. The monoisotopic (exact) mass is 472 g/mol. The molecule has 2 aromatic carbocycles. The van der Waals surface area contributed by atoms with Gasteiger partial charge in [0.05, 0.1) is 24.2 Å². The number of pyridine rings is 1. The molecule has 9 heteroatoms. The van der Waals surface area contributed by atoms with Gasteiger partial charge in [-0.3, -0.25) is 4.79 Å². The van der Waals surface area contributed by atoms with Crippen molar-refractivity contribution in [3.8, 4) is 17.2 Å². The van der Waals surface area contributed by atoms with Gasteiger partial charge in [0, 0.05) is 22.8 Å². The standard InChI is InChI=1S/C26H28N6O3/c1-14-12-18(16(3)29-20-10-11-21(34-4)30-22(20)26(27)31-32-28)25-19(13-14)23(33)15(2)24(35-25)17-8-6-5-7-9-17/h5-13,16,29,32H,28H2,1-4H3,(H2,27,31). The number of anilines is 1. The molecule has 6 N–H and O–H groups in total. The van der Waals surface area contributed by atoms with Gasteiger partial charge in [0.2, 0.25) is 5.88 Å². The lowest BCUT2D eigenvalue weighted by molar-refractivity contribution is 0.397. The van der Waals surface area contributed by atoms with Crippen LogP contribution >= 0.6 is 0 Å². The molecule has 35 heavy (non-hydrogen) atoms. The fourth-order valence-corrected chi connectivity index (χ4v) is 4.05. The highest BCUT2D eigenvalue weighted by Gasteiger charge is 2.20. The van der Waals surface area contributed by atoms with Crippen molar-refractivity contribution in [2.45, 2.75) is 26.8 Å². The van der Waals surface area contributed by atoms with E-state index in [1.54, 1.807) is 19.1 Å². The molecule has 0 bridgehead atoms. The Bertz CT molecular complexity index is 1460. The third-order valence-electron chi connectivity index (χ3n) is 5.77. The first-order valence-corrected chi connectivity index (χ1v) is 11.1. The van der Waals surface area contributed by atoms with Crippen LogP contribution in [0.25, 0.3) is 22.3 Å². The molecule has 0 fully saturated rings. The molecule has 180 valence electrons. The fraction of sp³-hybridized carbons (Fsp3) is 0.192. The third-order valence-corrected chi connectivity index (χ3v) is 5.77. The second kappa shape index (κ2) is 9.86. The molecule has 0 aliphatic heterocycles. The van der Waals surface area contributed by atoms with Crippen LogP contribution in [0.5, 0.6) is 5.88 Å². The highest BCUT2D eigenvalue weighted by molar-refractivity contribution is 6.00. The van der Waals surface area contributed by atoms with Gasteiger partial charge < -0.3 is 20.2 Å². The highest BCUT2D eigenvalue weighted by atomic mass is 16.5. The summed E-state index contributed by atoms with van der Waals surface area (Å²) >= 11 is 0. The second-order valence-corrected chi connectivity index (χ2v) is 8.22. The first-order chi connectivity index (χ1) is 16.8. The van der Waals surface area contributed by atoms with Crippen molar-refractivity contribution in [3.63, 3.8) is 0 Å². The largest absolute Gasteiger partial charge is 0.481 e. The summed E-state index contributed by atoms with van der Waals surface area (Å²) in [5, 5.41) is 7.80. The summed E-state index contributed by atoms with van der Waals surface area (Å²) < 4.78 is 11.6. The molecule has 2 aromatic heterocycles. The molecule has 0 saturated carbocycles. The Kier molecular flexibility index (Phi) is 6.70. The van der Waals surface area contributed by atoms with E-state index < -0.39 is 0 Å². The van der Waals surface area contributed by atoms with Gasteiger partial charge >= 0.3 is 0 Å². The van der Waals surface area contributed by atoms with Gasteiger partial charge in [-0.1, -0.05) is 36.4 Å². The van der Waals surface area contributed by atoms with Gasteiger partial charge in [-0.05, 0) is 38.5 Å². The Labute approximate surface area is 202 Å². The maximum absolute atomic E-state index is 13.3. The molecule has 2 heterocycles. The smallest absolute Gasteiger partial charge is 0.213 e. The van der Waals surface area contributed by atoms with Crippen LogP contribution in [-0.4, -0.2) is 17.9 Å². The summed E-state index contributed by atoms with van der Waals surface area (Å²) in [6.07, 6.45) is 0. The molecule has 0 saturated heterocycles. The Morgan fingerprint density at radius 2 is 1.89 bits per heavy atom. The molecule has 0 aliphatic carbocycles. The van der Waals surface area contributed by atoms with Crippen LogP contribution in [0.15, 0.2) is 68.9 Å². The summed E-state index contributed by atoms with van der Waals surface area (Å²) in [6, 6.07) is 16.7. The lowest BCUT2D eigenvalue weighted by Gasteiger charge is -2.20. The van der Waals surface area contributed by atoms with Crippen LogP contribution in [0, 0.1) is 13.8 Å². The van der Waals surface area contributed by atoms with Crippen LogP contribution in [0.3, 0.4) is 0 Å². The summed E-state index contributed by atoms with van der Waals surface area (Å²) in [6.45, 7) is 5.71. The topological polar surface area (TPSA) is 141 Å². The highest BCUT2D eigenvalue weighted by Crippen LogP contribution is 2.32. The lowest BCUT2D eigenvalue weighted by Crippen LogP contribution is -2.25. The molecule has 1 unspecified atom stereocenters. The minimum atomic E-state index is -0.278. The minimum Gasteiger partial charge on any atom is -0.481 e. The van der Waals surface area contributed by atoms with Crippen molar-refractivity contribution >= 4 is 22.5 Å². The van der Waals surface area contributed by atoms with E-state index in [1.807, 2.05) is 56.3 Å². The van der Waals surface area contributed by atoms with Crippen molar-refractivity contribution in [1.82, 2.24) is 10.5 Å². The number of aryl methyl sites for hydroxylation is 1. The molecule has 9 nitrogen and oxygen atoms in total. The normalized spacial score (nSPS) is 12.4. The van der Waals surface area contributed by atoms with Gasteiger partial charge in [0.1, 0.15) is 17.0 Å². The summed E-state index contributed by atoms with van der Waals surface area (Å²) in [4.78, 5) is 17.7. The first kappa shape index (κ1) is 23.8. The number of nitrogens with two attached hydrogens (primary N) is 2. The number of hydrogen-bond donors (Lipinski definition) is 4. The minimum absolute atomic E-state index is 0.0561.